The maximum Gasteiger partial charge on any atom is 0.237 e. The van der Waals surface area contributed by atoms with Crippen LogP contribution in [0.25, 0.3) is 0 Å². The molecule has 0 aliphatic carbocycles. The third kappa shape index (κ3) is 6.94. The number of rotatable bonds is 6. The number of carbonyl (C=O) groups excluding carboxylic acids is 1. The zero-order chi connectivity index (χ0) is 17.7. The van der Waals surface area contributed by atoms with Crippen molar-refractivity contribution in [1.82, 2.24) is 10.2 Å². The lowest BCUT2D eigenvalue weighted by molar-refractivity contribution is -0.123. The molecule has 2 rings (SSSR count). The van der Waals surface area contributed by atoms with Gasteiger partial charge in [-0.1, -0.05) is 38.1 Å². The van der Waals surface area contributed by atoms with Crippen LogP contribution in [0.4, 0.5) is 0 Å². The number of amides is 1. The molecule has 2 unspecified atom stereocenters. The van der Waals surface area contributed by atoms with E-state index in [1.54, 1.807) is 0 Å². The molecular formula is C19H32ClN3O2. The minimum absolute atomic E-state index is 0. The molecule has 3 N–H and O–H groups in total. The Labute approximate surface area is 157 Å². The first kappa shape index (κ1) is 21.9. The van der Waals surface area contributed by atoms with Crippen LogP contribution in [0, 0.1) is 5.92 Å². The van der Waals surface area contributed by atoms with E-state index in [4.69, 9.17) is 10.5 Å². The molecule has 5 nitrogen and oxygen atoms in total. The molecule has 3 atom stereocenters. The molecule has 25 heavy (non-hydrogen) atoms. The normalized spacial score (nSPS) is 22.3. The third-order valence-corrected chi connectivity index (χ3v) is 4.41. The minimum Gasteiger partial charge on any atom is -0.373 e. The molecule has 1 aliphatic heterocycles. The van der Waals surface area contributed by atoms with Crippen molar-refractivity contribution in [2.45, 2.75) is 59.0 Å². The molecule has 1 amide bonds. The number of nitrogens with two attached hydrogens (primary N) is 1. The highest BCUT2D eigenvalue weighted by Crippen LogP contribution is 2.14. The van der Waals surface area contributed by atoms with E-state index in [9.17, 15) is 4.79 Å². The van der Waals surface area contributed by atoms with Gasteiger partial charge in [0, 0.05) is 26.2 Å². The summed E-state index contributed by atoms with van der Waals surface area (Å²) in [7, 11) is 0. The Morgan fingerprint density at radius 2 is 1.72 bits per heavy atom. The Morgan fingerprint density at radius 1 is 1.20 bits per heavy atom. The Morgan fingerprint density at radius 3 is 2.24 bits per heavy atom. The highest BCUT2D eigenvalue weighted by Gasteiger charge is 2.22. The average molecular weight is 370 g/mol. The zero-order valence-corrected chi connectivity index (χ0v) is 16.5. The topological polar surface area (TPSA) is 67.6 Å². The summed E-state index contributed by atoms with van der Waals surface area (Å²) in [6, 6.07) is 7.96. The monoisotopic (exact) mass is 369 g/mol. The number of nitrogens with zero attached hydrogens (tertiary/aromatic N) is 1. The van der Waals surface area contributed by atoms with Crippen LogP contribution in [-0.2, 0) is 22.6 Å². The van der Waals surface area contributed by atoms with Crippen molar-refractivity contribution in [3.63, 3.8) is 0 Å². The lowest BCUT2D eigenvalue weighted by atomic mass is 10.0. The highest BCUT2D eigenvalue weighted by atomic mass is 35.5. The summed E-state index contributed by atoms with van der Waals surface area (Å²) in [5.41, 5.74) is 8.22. The molecule has 1 heterocycles. The number of hydrogen-bond donors (Lipinski definition) is 2. The van der Waals surface area contributed by atoms with Crippen LogP contribution in [0.1, 0.15) is 38.8 Å². The van der Waals surface area contributed by atoms with Crippen LogP contribution in [0.2, 0.25) is 0 Å². The molecule has 0 spiro atoms. The molecular weight excluding hydrogens is 338 g/mol. The second-order valence-corrected chi connectivity index (χ2v) is 7.26. The predicted molar refractivity (Wildman–Crippen MR) is 104 cm³/mol. The Kier molecular flexibility index (Phi) is 8.86. The summed E-state index contributed by atoms with van der Waals surface area (Å²) in [6.07, 6.45) is 0.571. The molecule has 6 heteroatoms. The van der Waals surface area contributed by atoms with Crippen molar-refractivity contribution in [1.29, 1.82) is 0 Å². The summed E-state index contributed by atoms with van der Waals surface area (Å²) in [6.45, 7) is 11.5. The van der Waals surface area contributed by atoms with Gasteiger partial charge in [0.15, 0.2) is 0 Å². The summed E-state index contributed by atoms with van der Waals surface area (Å²) in [5.74, 6) is 0.0519. The van der Waals surface area contributed by atoms with Gasteiger partial charge < -0.3 is 15.8 Å². The van der Waals surface area contributed by atoms with Crippen LogP contribution < -0.4 is 11.1 Å². The third-order valence-electron chi connectivity index (χ3n) is 4.41. The van der Waals surface area contributed by atoms with Crippen molar-refractivity contribution < 1.29 is 9.53 Å². The highest BCUT2D eigenvalue weighted by molar-refractivity contribution is 5.85. The molecule has 1 aromatic rings. The van der Waals surface area contributed by atoms with Gasteiger partial charge in [0.2, 0.25) is 5.91 Å². The predicted octanol–water partition coefficient (Wildman–Crippen LogP) is 2.32. The van der Waals surface area contributed by atoms with Crippen molar-refractivity contribution in [2.75, 3.05) is 13.1 Å². The molecule has 0 bridgehead atoms. The van der Waals surface area contributed by atoms with Gasteiger partial charge in [-0.25, -0.2) is 0 Å². The zero-order valence-electron chi connectivity index (χ0n) is 15.7. The van der Waals surface area contributed by atoms with Gasteiger partial charge >= 0.3 is 0 Å². The number of morpholine rings is 1. The smallest absolute Gasteiger partial charge is 0.237 e. The van der Waals surface area contributed by atoms with Gasteiger partial charge in [0.05, 0.1) is 18.2 Å². The van der Waals surface area contributed by atoms with Gasteiger partial charge in [-0.15, -0.1) is 12.4 Å². The van der Waals surface area contributed by atoms with E-state index < -0.39 is 6.04 Å². The maximum atomic E-state index is 11.9. The van der Waals surface area contributed by atoms with Gasteiger partial charge in [-0.2, -0.15) is 0 Å². The standard InChI is InChI=1S/C19H31N3O2.ClH/c1-13(2)18(20)19(23)21-9-16-5-7-17(8-6-16)12-22-10-14(3)24-15(4)11-22;/h5-8,13-15,18H,9-12,20H2,1-4H3,(H,21,23);1H/t14?,15?,18-;/m0./s1. The SMILES string of the molecule is CC1CN(Cc2ccc(CNC(=O)[C@@H](N)C(C)C)cc2)CC(C)O1.Cl. The van der Waals surface area contributed by atoms with Crippen molar-refractivity contribution >= 4 is 18.3 Å². The lowest BCUT2D eigenvalue weighted by Gasteiger charge is -2.35. The van der Waals surface area contributed by atoms with Gasteiger partial charge in [-0.05, 0) is 30.9 Å². The van der Waals surface area contributed by atoms with E-state index in [0.717, 1.165) is 25.2 Å². The van der Waals surface area contributed by atoms with Crippen molar-refractivity contribution in [2.24, 2.45) is 11.7 Å². The van der Waals surface area contributed by atoms with Crippen molar-refractivity contribution in [3.05, 3.63) is 35.4 Å². The number of halogens is 1. The quantitative estimate of drug-likeness (QED) is 0.807. The fraction of sp³-hybridized carbons (Fsp3) is 0.632. The van der Waals surface area contributed by atoms with E-state index in [1.807, 2.05) is 13.8 Å². The largest absolute Gasteiger partial charge is 0.373 e. The Bertz CT molecular complexity index is 526. The Balaban J connectivity index is 0.00000312. The van der Waals surface area contributed by atoms with Gasteiger partial charge in [-0.3, -0.25) is 9.69 Å². The molecule has 142 valence electrons. The number of hydrogen-bond acceptors (Lipinski definition) is 4. The first-order valence-electron chi connectivity index (χ1n) is 8.84. The van der Waals surface area contributed by atoms with Crippen LogP contribution in [0.5, 0.6) is 0 Å². The van der Waals surface area contributed by atoms with E-state index in [0.29, 0.717) is 6.54 Å². The fourth-order valence-corrected chi connectivity index (χ4v) is 3.04. The second kappa shape index (κ2) is 10.1. The number of carbonyl (C=O) groups is 1. The van der Waals surface area contributed by atoms with E-state index in [-0.39, 0.29) is 36.4 Å². The maximum absolute atomic E-state index is 11.9. The second-order valence-electron chi connectivity index (χ2n) is 7.26. The van der Waals surface area contributed by atoms with Crippen LogP contribution in [-0.4, -0.2) is 42.1 Å². The van der Waals surface area contributed by atoms with E-state index in [2.05, 4.69) is 48.3 Å². The first-order valence-corrected chi connectivity index (χ1v) is 8.84. The molecule has 0 radical (unpaired) electrons. The van der Waals surface area contributed by atoms with Crippen LogP contribution in [0.15, 0.2) is 24.3 Å². The summed E-state index contributed by atoms with van der Waals surface area (Å²) >= 11 is 0. The number of nitrogens with one attached hydrogen (secondary N) is 1. The fourth-order valence-electron chi connectivity index (χ4n) is 3.04. The number of benzene rings is 1. The summed E-state index contributed by atoms with van der Waals surface area (Å²) < 4.78 is 5.77. The molecule has 0 aromatic heterocycles. The average Bonchev–Trinajstić information content (AvgIpc) is 2.52. The molecule has 0 saturated carbocycles. The first-order chi connectivity index (χ1) is 11.3. The Hall–Kier alpha value is -1.14. The van der Waals surface area contributed by atoms with Crippen LogP contribution in [0.3, 0.4) is 0 Å². The molecule has 1 aromatic carbocycles. The van der Waals surface area contributed by atoms with Gasteiger partial charge in [0.25, 0.3) is 0 Å². The van der Waals surface area contributed by atoms with E-state index >= 15 is 0 Å². The van der Waals surface area contributed by atoms with Crippen LogP contribution >= 0.6 is 12.4 Å². The van der Waals surface area contributed by atoms with Gasteiger partial charge in [0.1, 0.15) is 0 Å². The summed E-state index contributed by atoms with van der Waals surface area (Å²) in [5, 5.41) is 2.90. The summed E-state index contributed by atoms with van der Waals surface area (Å²) in [4.78, 5) is 14.3. The lowest BCUT2D eigenvalue weighted by Crippen LogP contribution is -2.44. The number of ether oxygens (including phenoxy) is 1. The molecule has 1 saturated heterocycles. The minimum atomic E-state index is -0.449. The van der Waals surface area contributed by atoms with Crippen molar-refractivity contribution in [3.8, 4) is 0 Å². The van der Waals surface area contributed by atoms with E-state index in [1.165, 1.54) is 5.56 Å². The molecule has 1 aliphatic rings. The molecule has 1 fully saturated rings.